The van der Waals surface area contributed by atoms with Gasteiger partial charge in [0.05, 0.1) is 0 Å². The van der Waals surface area contributed by atoms with E-state index in [-0.39, 0.29) is 0 Å². The molecule has 0 fully saturated rings. The summed E-state index contributed by atoms with van der Waals surface area (Å²) in [6.45, 7) is 5.00. The lowest BCUT2D eigenvalue weighted by atomic mass is 10.1. The topological polar surface area (TPSA) is 39.8 Å². The minimum absolute atomic E-state index is 0.659. The monoisotopic (exact) mass is 323 g/mol. The average molecular weight is 323 g/mol. The third-order valence-electron chi connectivity index (χ3n) is 4.00. The van der Waals surface area contributed by atoms with Crippen molar-refractivity contribution >= 4 is 33.9 Å². The number of thiocarbonyl (C=S) groups is 1. The largest absolute Gasteiger partial charge is 0.362 e. The van der Waals surface area contributed by atoms with Gasteiger partial charge in [0.25, 0.3) is 0 Å². The molecule has 2 aromatic carbocycles. The van der Waals surface area contributed by atoms with Crippen LogP contribution in [0.5, 0.6) is 0 Å². The molecule has 0 saturated heterocycles. The molecule has 0 saturated carbocycles. The van der Waals surface area contributed by atoms with E-state index in [1.165, 1.54) is 27.7 Å². The molecule has 0 amide bonds. The fourth-order valence-electron chi connectivity index (χ4n) is 2.77. The molecule has 23 heavy (non-hydrogen) atoms. The van der Waals surface area contributed by atoms with Gasteiger partial charge >= 0.3 is 0 Å². The molecule has 0 aliphatic rings. The number of nitrogens with one attached hydrogen (secondary N) is 3. The fraction of sp³-hybridized carbons (Fsp3) is 0.211. The summed E-state index contributed by atoms with van der Waals surface area (Å²) in [5, 5.41) is 8.45. The maximum Gasteiger partial charge on any atom is 0.170 e. The van der Waals surface area contributed by atoms with E-state index in [0.717, 1.165) is 18.7 Å². The van der Waals surface area contributed by atoms with Crippen molar-refractivity contribution in [3.05, 3.63) is 65.4 Å². The van der Waals surface area contributed by atoms with Crippen LogP contribution in [0.4, 0.5) is 5.69 Å². The van der Waals surface area contributed by atoms with Gasteiger partial charge in [-0.3, -0.25) is 0 Å². The molecule has 3 nitrogen and oxygen atoms in total. The Morgan fingerprint density at radius 1 is 1.04 bits per heavy atom. The first kappa shape index (κ1) is 15.6. The summed E-state index contributed by atoms with van der Waals surface area (Å²) >= 11 is 5.36. The predicted molar refractivity (Wildman–Crippen MR) is 102 cm³/mol. The van der Waals surface area contributed by atoms with E-state index in [1.54, 1.807) is 0 Å². The van der Waals surface area contributed by atoms with Crippen molar-refractivity contribution in [3.8, 4) is 0 Å². The fourth-order valence-corrected chi connectivity index (χ4v) is 2.99. The standard InChI is InChI=1S/C19H21N3S/c1-13-7-9-15(10-8-13)22-19(23)20-12-11-16-14(2)21-18-6-4-3-5-17(16)18/h3-10,21H,11-12H2,1-2H3,(H2,20,22,23). The molecule has 0 spiro atoms. The third-order valence-corrected chi connectivity index (χ3v) is 4.24. The Morgan fingerprint density at radius 3 is 2.57 bits per heavy atom. The maximum atomic E-state index is 5.36. The Hall–Kier alpha value is -2.33. The highest BCUT2D eigenvalue weighted by Crippen LogP contribution is 2.21. The van der Waals surface area contributed by atoms with Crippen LogP contribution in [-0.2, 0) is 6.42 Å². The number of aryl methyl sites for hydroxylation is 2. The zero-order chi connectivity index (χ0) is 16.2. The highest BCUT2D eigenvalue weighted by Gasteiger charge is 2.07. The van der Waals surface area contributed by atoms with Gasteiger partial charge in [-0.25, -0.2) is 0 Å². The second-order valence-corrected chi connectivity index (χ2v) is 6.18. The molecular weight excluding hydrogens is 302 g/mol. The summed E-state index contributed by atoms with van der Waals surface area (Å²) in [5.74, 6) is 0. The number of rotatable bonds is 4. The van der Waals surface area contributed by atoms with Crippen molar-refractivity contribution in [3.63, 3.8) is 0 Å². The summed E-state index contributed by atoms with van der Waals surface area (Å²) in [7, 11) is 0. The van der Waals surface area contributed by atoms with Gasteiger partial charge in [0.2, 0.25) is 0 Å². The van der Waals surface area contributed by atoms with Crippen LogP contribution in [0.2, 0.25) is 0 Å². The summed E-state index contributed by atoms with van der Waals surface area (Å²) in [6.07, 6.45) is 0.936. The van der Waals surface area contributed by atoms with Crippen LogP contribution in [-0.4, -0.2) is 16.6 Å². The SMILES string of the molecule is Cc1ccc(NC(=S)NCCc2c(C)[nH]c3ccccc23)cc1. The van der Waals surface area contributed by atoms with Crippen LogP contribution < -0.4 is 10.6 Å². The highest BCUT2D eigenvalue weighted by molar-refractivity contribution is 7.80. The maximum absolute atomic E-state index is 5.36. The number of fused-ring (bicyclic) bond motifs is 1. The lowest BCUT2D eigenvalue weighted by Gasteiger charge is -2.11. The van der Waals surface area contributed by atoms with E-state index in [0.29, 0.717) is 5.11 Å². The van der Waals surface area contributed by atoms with Crippen molar-refractivity contribution in [2.24, 2.45) is 0 Å². The number of benzene rings is 2. The molecule has 0 aliphatic heterocycles. The number of H-pyrrole nitrogens is 1. The Labute approximate surface area is 142 Å². The summed E-state index contributed by atoms with van der Waals surface area (Å²) in [6, 6.07) is 16.6. The average Bonchev–Trinajstić information content (AvgIpc) is 2.86. The zero-order valence-corrected chi connectivity index (χ0v) is 14.3. The molecule has 1 aromatic heterocycles. The Morgan fingerprint density at radius 2 is 1.78 bits per heavy atom. The van der Waals surface area contributed by atoms with Crippen LogP contribution >= 0.6 is 12.2 Å². The van der Waals surface area contributed by atoms with Gasteiger partial charge in [0.1, 0.15) is 0 Å². The molecule has 118 valence electrons. The van der Waals surface area contributed by atoms with Crippen LogP contribution in [0.25, 0.3) is 10.9 Å². The molecular formula is C19H21N3S. The smallest absolute Gasteiger partial charge is 0.170 e. The first-order valence-electron chi connectivity index (χ1n) is 7.81. The summed E-state index contributed by atoms with van der Waals surface area (Å²) in [4.78, 5) is 3.43. The minimum Gasteiger partial charge on any atom is -0.362 e. The van der Waals surface area contributed by atoms with Crippen LogP contribution in [0.3, 0.4) is 0 Å². The van der Waals surface area contributed by atoms with Crippen molar-refractivity contribution in [2.75, 3.05) is 11.9 Å². The second kappa shape index (κ2) is 6.84. The minimum atomic E-state index is 0.659. The van der Waals surface area contributed by atoms with Crippen molar-refractivity contribution < 1.29 is 0 Å². The van der Waals surface area contributed by atoms with E-state index in [4.69, 9.17) is 12.2 Å². The van der Waals surface area contributed by atoms with E-state index in [9.17, 15) is 0 Å². The third kappa shape index (κ3) is 3.71. The normalized spacial score (nSPS) is 10.7. The lowest BCUT2D eigenvalue weighted by molar-refractivity contribution is 0.871. The molecule has 3 rings (SSSR count). The van der Waals surface area contributed by atoms with Crippen LogP contribution in [0.1, 0.15) is 16.8 Å². The van der Waals surface area contributed by atoms with E-state index in [2.05, 4.69) is 65.9 Å². The van der Waals surface area contributed by atoms with Crippen molar-refractivity contribution in [1.82, 2.24) is 10.3 Å². The first-order valence-corrected chi connectivity index (χ1v) is 8.22. The molecule has 0 unspecified atom stereocenters. The number of aromatic amines is 1. The number of hydrogen-bond acceptors (Lipinski definition) is 1. The van der Waals surface area contributed by atoms with Gasteiger partial charge in [0.15, 0.2) is 5.11 Å². The lowest BCUT2D eigenvalue weighted by Crippen LogP contribution is -2.30. The number of para-hydroxylation sites is 1. The molecule has 0 aliphatic carbocycles. The van der Waals surface area contributed by atoms with Crippen LogP contribution in [0, 0.1) is 13.8 Å². The van der Waals surface area contributed by atoms with Gasteiger partial charge in [0, 0.05) is 28.8 Å². The van der Waals surface area contributed by atoms with E-state index < -0.39 is 0 Å². The van der Waals surface area contributed by atoms with Gasteiger partial charge in [-0.05, 0) is 56.2 Å². The van der Waals surface area contributed by atoms with E-state index in [1.807, 2.05) is 12.1 Å². The predicted octanol–water partition coefficient (Wildman–Crippen LogP) is 4.31. The second-order valence-electron chi connectivity index (χ2n) is 5.77. The zero-order valence-electron chi connectivity index (χ0n) is 13.4. The molecule has 0 bridgehead atoms. The molecule has 3 N–H and O–H groups in total. The molecule has 4 heteroatoms. The number of hydrogen-bond donors (Lipinski definition) is 3. The summed E-state index contributed by atoms with van der Waals surface area (Å²) < 4.78 is 0. The van der Waals surface area contributed by atoms with Gasteiger partial charge in [-0.15, -0.1) is 0 Å². The quantitative estimate of drug-likeness (QED) is 0.626. The number of anilines is 1. The van der Waals surface area contributed by atoms with Crippen LogP contribution in [0.15, 0.2) is 48.5 Å². The van der Waals surface area contributed by atoms with Crippen molar-refractivity contribution in [2.45, 2.75) is 20.3 Å². The van der Waals surface area contributed by atoms with Gasteiger partial charge in [-0.2, -0.15) is 0 Å². The van der Waals surface area contributed by atoms with Gasteiger partial charge < -0.3 is 15.6 Å². The molecule has 0 atom stereocenters. The Kier molecular flexibility index (Phi) is 4.63. The molecule has 1 heterocycles. The van der Waals surface area contributed by atoms with Crippen molar-refractivity contribution in [1.29, 1.82) is 0 Å². The Bertz CT molecular complexity index is 818. The first-order chi connectivity index (χ1) is 11.1. The number of aromatic nitrogens is 1. The Balaban J connectivity index is 1.57. The summed E-state index contributed by atoms with van der Waals surface area (Å²) in [5.41, 5.74) is 6.03. The van der Waals surface area contributed by atoms with Gasteiger partial charge in [-0.1, -0.05) is 35.9 Å². The van der Waals surface area contributed by atoms with E-state index >= 15 is 0 Å². The highest BCUT2D eigenvalue weighted by atomic mass is 32.1. The molecule has 0 radical (unpaired) electrons. The molecule has 3 aromatic rings.